The van der Waals surface area contributed by atoms with Crippen LogP contribution >= 0.6 is 0 Å². The van der Waals surface area contributed by atoms with Crippen molar-refractivity contribution in [3.8, 4) is 0 Å². The first-order chi connectivity index (χ1) is 9.70. The summed E-state index contributed by atoms with van der Waals surface area (Å²) in [6.45, 7) is 4.23. The van der Waals surface area contributed by atoms with Crippen LogP contribution in [0.4, 0.5) is 0 Å². The fraction of sp³-hybridized carbons (Fsp3) is 0.529. The highest BCUT2D eigenvalue weighted by Crippen LogP contribution is 2.27. The largest absolute Gasteiger partial charge is 0.271 e. The van der Waals surface area contributed by atoms with Crippen molar-refractivity contribution in [1.29, 1.82) is 0 Å². The Labute approximate surface area is 121 Å². The van der Waals surface area contributed by atoms with Gasteiger partial charge in [-0.2, -0.15) is 0 Å². The summed E-state index contributed by atoms with van der Waals surface area (Å²) in [5.74, 6) is -0.235. The lowest BCUT2D eigenvalue weighted by Gasteiger charge is -2.25. The lowest BCUT2D eigenvalue weighted by atomic mass is 10.0. The van der Waals surface area contributed by atoms with Crippen molar-refractivity contribution in [3.05, 3.63) is 35.4 Å². The molecule has 0 N–H and O–H groups in total. The molecule has 108 valence electrons. The maximum Gasteiger partial charge on any atom is 0.261 e. The molecule has 1 atom stereocenters. The summed E-state index contributed by atoms with van der Waals surface area (Å²) in [6, 6.07) is 7.17. The number of benzene rings is 1. The van der Waals surface area contributed by atoms with E-state index in [0.29, 0.717) is 11.1 Å². The van der Waals surface area contributed by atoms with Crippen molar-refractivity contribution in [1.82, 2.24) is 4.90 Å². The number of carbonyl (C=O) groups is 2. The molecule has 2 rings (SSSR count). The van der Waals surface area contributed by atoms with Gasteiger partial charge >= 0.3 is 0 Å². The molecule has 1 aliphatic rings. The zero-order valence-electron chi connectivity index (χ0n) is 12.4. The van der Waals surface area contributed by atoms with Crippen LogP contribution in [0.15, 0.2) is 24.3 Å². The van der Waals surface area contributed by atoms with Gasteiger partial charge in [-0.05, 0) is 25.0 Å². The third-order valence-electron chi connectivity index (χ3n) is 4.05. The van der Waals surface area contributed by atoms with E-state index in [2.05, 4.69) is 6.92 Å². The molecule has 0 saturated carbocycles. The van der Waals surface area contributed by atoms with Gasteiger partial charge in [-0.25, -0.2) is 0 Å². The summed E-state index contributed by atoms with van der Waals surface area (Å²) in [5.41, 5.74) is 1.12. The van der Waals surface area contributed by atoms with Crippen LogP contribution in [0, 0.1) is 0 Å². The Bertz CT molecular complexity index is 461. The maximum atomic E-state index is 12.4. The van der Waals surface area contributed by atoms with Gasteiger partial charge in [-0.3, -0.25) is 14.5 Å². The number of carbonyl (C=O) groups excluding carboxylic acids is 2. The van der Waals surface area contributed by atoms with Crippen LogP contribution in [-0.4, -0.2) is 22.8 Å². The van der Waals surface area contributed by atoms with Crippen molar-refractivity contribution < 1.29 is 9.59 Å². The monoisotopic (exact) mass is 273 g/mol. The van der Waals surface area contributed by atoms with Crippen LogP contribution in [-0.2, 0) is 0 Å². The molecular weight excluding hydrogens is 250 g/mol. The second-order valence-corrected chi connectivity index (χ2v) is 5.44. The molecule has 1 unspecified atom stereocenters. The molecule has 0 spiro atoms. The van der Waals surface area contributed by atoms with Gasteiger partial charge in [0, 0.05) is 6.04 Å². The minimum atomic E-state index is -0.118. The van der Waals surface area contributed by atoms with Crippen LogP contribution in [0.2, 0.25) is 0 Å². The Morgan fingerprint density at radius 3 is 2.05 bits per heavy atom. The third-order valence-corrected chi connectivity index (χ3v) is 4.05. The van der Waals surface area contributed by atoms with Crippen molar-refractivity contribution >= 4 is 11.8 Å². The van der Waals surface area contributed by atoms with Crippen molar-refractivity contribution in [2.75, 3.05) is 0 Å². The SMILES string of the molecule is CCCCCCC(CC)N1C(=O)c2ccccc2C1=O. The second kappa shape index (κ2) is 6.69. The number of hydrogen-bond donors (Lipinski definition) is 0. The second-order valence-electron chi connectivity index (χ2n) is 5.44. The predicted octanol–water partition coefficient (Wildman–Crippen LogP) is 4.03. The zero-order valence-corrected chi connectivity index (χ0v) is 12.4. The lowest BCUT2D eigenvalue weighted by Crippen LogP contribution is -2.39. The Kier molecular flexibility index (Phi) is 4.94. The summed E-state index contributed by atoms with van der Waals surface area (Å²) < 4.78 is 0. The van der Waals surface area contributed by atoms with E-state index < -0.39 is 0 Å². The molecule has 20 heavy (non-hydrogen) atoms. The fourth-order valence-electron chi connectivity index (χ4n) is 2.86. The predicted molar refractivity (Wildman–Crippen MR) is 79.8 cm³/mol. The molecule has 1 heterocycles. The van der Waals surface area contributed by atoms with E-state index in [1.807, 2.05) is 19.1 Å². The van der Waals surface area contributed by atoms with E-state index in [4.69, 9.17) is 0 Å². The summed E-state index contributed by atoms with van der Waals surface area (Å²) in [4.78, 5) is 26.3. The zero-order chi connectivity index (χ0) is 14.5. The molecule has 0 bridgehead atoms. The first-order valence-electron chi connectivity index (χ1n) is 7.67. The number of imide groups is 1. The van der Waals surface area contributed by atoms with Crippen LogP contribution in [0.3, 0.4) is 0 Å². The fourth-order valence-corrected chi connectivity index (χ4v) is 2.86. The van der Waals surface area contributed by atoms with Gasteiger partial charge in [0.2, 0.25) is 0 Å². The number of unbranched alkanes of at least 4 members (excludes halogenated alkanes) is 3. The van der Waals surface area contributed by atoms with Crippen molar-refractivity contribution in [2.24, 2.45) is 0 Å². The lowest BCUT2D eigenvalue weighted by molar-refractivity contribution is 0.0569. The number of nitrogens with zero attached hydrogens (tertiary/aromatic N) is 1. The normalized spacial score (nSPS) is 15.6. The third kappa shape index (κ3) is 2.77. The number of rotatable bonds is 7. The minimum Gasteiger partial charge on any atom is -0.271 e. The first-order valence-corrected chi connectivity index (χ1v) is 7.67. The molecule has 0 radical (unpaired) electrons. The molecule has 0 aliphatic carbocycles. The Morgan fingerprint density at radius 2 is 1.55 bits per heavy atom. The molecule has 0 aromatic heterocycles. The van der Waals surface area contributed by atoms with E-state index in [9.17, 15) is 9.59 Å². The van der Waals surface area contributed by atoms with E-state index in [1.165, 1.54) is 24.2 Å². The Morgan fingerprint density at radius 1 is 0.950 bits per heavy atom. The molecule has 1 aromatic carbocycles. The quantitative estimate of drug-likeness (QED) is 0.555. The highest BCUT2D eigenvalue weighted by molar-refractivity contribution is 6.21. The minimum absolute atomic E-state index is 0.0410. The first kappa shape index (κ1) is 14.8. The van der Waals surface area contributed by atoms with Crippen LogP contribution in [0.1, 0.15) is 73.1 Å². The van der Waals surface area contributed by atoms with E-state index in [0.717, 1.165) is 19.3 Å². The smallest absolute Gasteiger partial charge is 0.261 e. The molecule has 1 aromatic rings. The molecule has 0 fully saturated rings. The van der Waals surface area contributed by atoms with Gasteiger partial charge in [0.15, 0.2) is 0 Å². The van der Waals surface area contributed by atoms with Crippen LogP contribution in [0.5, 0.6) is 0 Å². The molecule has 1 aliphatic heterocycles. The van der Waals surface area contributed by atoms with E-state index >= 15 is 0 Å². The highest BCUT2D eigenvalue weighted by atomic mass is 16.2. The topological polar surface area (TPSA) is 37.4 Å². The average Bonchev–Trinajstić information content (AvgIpc) is 2.73. The number of hydrogen-bond acceptors (Lipinski definition) is 2. The van der Waals surface area contributed by atoms with Crippen molar-refractivity contribution in [2.45, 2.75) is 58.4 Å². The van der Waals surface area contributed by atoms with Gasteiger partial charge in [0.05, 0.1) is 11.1 Å². The summed E-state index contributed by atoms with van der Waals surface area (Å²) in [6.07, 6.45) is 6.43. The maximum absolute atomic E-state index is 12.4. The molecule has 0 saturated heterocycles. The van der Waals surface area contributed by atoms with Gasteiger partial charge in [-0.15, -0.1) is 0 Å². The standard InChI is InChI=1S/C17H23NO2/c1-3-5-6-7-10-13(4-2)18-16(19)14-11-8-9-12-15(14)17(18)20/h8-9,11-13H,3-7,10H2,1-2H3. The van der Waals surface area contributed by atoms with E-state index in [-0.39, 0.29) is 17.9 Å². The molecule has 3 heteroatoms. The summed E-state index contributed by atoms with van der Waals surface area (Å²) in [5, 5.41) is 0. The highest BCUT2D eigenvalue weighted by Gasteiger charge is 2.38. The van der Waals surface area contributed by atoms with Crippen LogP contribution < -0.4 is 0 Å². The average molecular weight is 273 g/mol. The summed E-state index contributed by atoms with van der Waals surface area (Å²) in [7, 11) is 0. The van der Waals surface area contributed by atoms with Gasteiger partial charge < -0.3 is 0 Å². The Hall–Kier alpha value is -1.64. The van der Waals surface area contributed by atoms with Crippen LogP contribution in [0.25, 0.3) is 0 Å². The molecular formula is C17H23NO2. The number of fused-ring (bicyclic) bond motifs is 1. The van der Waals surface area contributed by atoms with Gasteiger partial charge in [0.25, 0.3) is 11.8 Å². The number of amides is 2. The van der Waals surface area contributed by atoms with E-state index in [1.54, 1.807) is 12.1 Å². The molecule has 3 nitrogen and oxygen atoms in total. The van der Waals surface area contributed by atoms with Crippen molar-refractivity contribution in [3.63, 3.8) is 0 Å². The Balaban J connectivity index is 2.08. The summed E-state index contributed by atoms with van der Waals surface area (Å²) >= 11 is 0. The van der Waals surface area contributed by atoms with Gasteiger partial charge in [0.1, 0.15) is 0 Å². The molecule has 2 amide bonds. The van der Waals surface area contributed by atoms with Gasteiger partial charge in [-0.1, -0.05) is 51.7 Å².